The van der Waals surface area contributed by atoms with Gasteiger partial charge in [-0.1, -0.05) is 6.92 Å². The molecule has 0 aromatic carbocycles. The Bertz CT molecular complexity index is 390. The topological polar surface area (TPSA) is 58.4 Å². The van der Waals surface area contributed by atoms with E-state index in [-0.39, 0.29) is 6.54 Å². The van der Waals surface area contributed by atoms with Crippen LogP contribution in [0.25, 0.3) is 0 Å². The van der Waals surface area contributed by atoms with Gasteiger partial charge in [0.1, 0.15) is 0 Å². The molecule has 0 aliphatic carbocycles. The summed E-state index contributed by atoms with van der Waals surface area (Å²) in [6.07, 6.45) is 0.858. The van der Waals surface area contributed by atoms with E-state index in [1.54, 1.807) is 16.6 Å². The normalized spacial score (nSPS) is 11.1. The monoisotopic (exact) mass is 289 g/mol. The van der Waals surface area contributed by atoms with Crippen LogP contribution in [0.2, 0.25) is 0 Å². The maximum absolute atomic E-state index is 10.6. The van der Waals surface area contributed by atoms with Gasteiger partial charge in [-0.3, -0.25) is 14.4 Å². The third-order valence-electron chi connectivity index (χ3n) is 2.33. The highest BCUT2D eigenvalue weighted by atomic mass is 79.9. The van der Waals surface area contributed by atoms with Crippen LogP contribution in [-0.4, -0.2) is 39.3 Å². The fraction of sp³-hybridized carbons (Fsp3) is 0.600. The minimum absolute atomic E-state index is 0.0269. The number of hydrogen-bond acceptors (Lipinski definition) is 3. The van der Waals surface area contributed by atoms with Crippen molar-refractivity contribution in [1.82, 2.24) is 14.7 Å². The molecule has 5 nitrogen and oxygen atoms in total. The highest BCUT2D eigenvalue weighted by Crippen LogP contribution is 2.22. The Morgan fingerprint density at radius 1 is 1.62 bits per heavy atom. The van der Waals surface area contributed by atoms with E-state index in [0.29, 0.717) is 6.54 Å². The summed E-state index contributed by atoms with van der Waals surface area (Å²) in [5.74, 6) is -0.823. The summed E-state index contributed by atoms with van der Waals surface area (Å²) in [5, 5.41) is 13.0. The van der Waals surface area contributed by atoms with E-state index in [4.69, 9.17) is 5.11 Å². The summed E-state index contributed by atoms with van der Waals surface area (Å²) in [4.78, 5) is 12.3. The predicted octanol–water partition coefficient (Wildman–Crippen LogP) is 1.26. The first-order chi connectivity index (χ1) is 7.45. The number of carbonyl (C=O) groups is 1. The Balaban J connectivity index is 2.80. The van der Waals surface area contributed by atoms with Crippen molar-refractivity contribution < 1.29 is 9.90 Å². The van der Waals surface area contributed by atoms with Gasteiger partial charge < -0.3 is 5.11 Å². The van der Waals surface area contributed by atoms with Gasteiger partial charge in [0.05, 0.1) is 22.4 Å². The zero-order chi connectivity index (χ0) is 12.3. The van der Waals surface area contributed by atoms with E-state index in [2.05, 4.69) is 21.0 Å². The molecule has 1 rings (SSSR count). The van der Waals surface area contributed by atoms with E-state index in [9.17, 15) is 4.79 Å². The number of carboxylic acid groups (broad SMARTS) is 1. The molecule has 0 bridgehead atoms. The molecule has 0 spiro atoms. The summed E-state index contributed by atoms with van der Waals surface area (Å²) >= 11 is 3.50. The van der Waals surface area contributed by atoms with Crippen molar-refractivity contribution in [2.75, 3.05) is 13.6 Å². The summed E-state index contributed by atoms with van der Waals surface area (Å²) in [6, 6.07) is 0. The average Bonchev–Trinajstić information content (AvgIpc) is 2.44. The molecule has 0 saturated carbocycles. The molecule has 90 valence electrons. The molecule has 1 heterocycles. The summed E-state index contributed by atoms with van der Waals surface area (Å²) in [6.45, 7) is 2.63. The zero-order valence-corrected chi connectivity index (χ0v) is 11.3. The fourth-order valence-corrected chi connectivity index (χ4v) is 2.28. The lowest BCUT2D eigenvalue weighted by Gasteiger charge is -2.14. The molecule has 1 aromatic rings. The van der Waals surface area contributed by atoms with Crippen molar-refractivity contribution in [3.8, 4) is 0 Å². The number of hydrogen-bond donors (Lipinski definition) is 1. The molecular weight excluding hydrogens is 274 g/mol. The van der Waals surface area contributed by atoms with Crippen LogP contribution in [0.4, 0.5) is 0 Å². The number of halogens is 1. The summed E-state index contributed by atoms with van der Waals surface area (Å²) < 4.78 is 2.77. The Labute approximate surface area is 103 Å². The smallest absolute Gasteiger partial charge is 0.317 e. The lowest BCUT2D eigenvalue weighted by atomic mass is 10.3. The van der Waals surface area contributed by atoms with E-state index in [0.717, 1.165) is 22.3 Å². The van der Waals surface area contributed by atoms with Crippen LogP contribution in [0.3, 0.4) is 0 Å². The Hall–Kier alpha value is -0.880. The molecule has 0 radical (unpaired) electrons. The van der Waals surface area contributed by atoms with Crippen molar-refractivity contribution in [2.45, 2.75) is 19.9 Å². The number of rotatable bonds is 5. The van der Waals surface area contributed by atoms with Gasteiger partial charge >= 0.3 is 5.97 Å². The second-order valence-corrected chi connectivity index (χ2v) is 4.54. The van der Waals surface area contributed by atoms with Crippen molar-refractivity contribution in [3.63, 3.8) is 0 Å². The van der Waals surface area contributed by atoms with Gasteiger partial charge in [0.15, 0.2) is 0 Å². The molecular formula is C10H16BrN3O2. The standard InChI is InChI=1S/C10H16BrN3O2/c1-4-7-10(11)8(14(3)12-7)5-13(2)6-9(15)16/h4-6H2,1-3H3,(H,15,16). The van der Waals surface area contributed by atoms with E-state index in [1.807, 2.05) is 14.0 Å². The number of aromatic nitrogens is 2. The van der Waals surface area contributed by atoms with Gasteiger partial charge in [-0.25, -0.2) is 0 Å². The number of aryl methyl sites for hydroxylation is 2. The molecule has 0 unspecified atom stereocenters. The van der Waals surface area contributed by atoms with Crippen molar-refractivity contribution >= 4 is 21.9 Å². The second kappa shape index (κ2) is 5.45. The Morgan fingerprint density at radius 2 is 2.25 bits per heavy atom. The molecule has 0 aliphatic rings. The van der Waals surface area contributed by atoms with E-state index < -0.39 is 5.97 Å². The molecule has 6 heteroatoms. The van der Waals surface area contributed by atoms with Crippen LogP contribution in [0, 0.1) is 0 Å². The SMILES string of the molecule is CCc1nn(C)c(CN(C)CC(=O)O)c1Br. The molecule has 16 heavy (non-hydrogen) atoms. The van der Waals surface area contributed by atoms with Gasteiger partial charge in [-0.15, -0.1) is 0 Å². The third kappa shape index (κ3) is 3.05. The number of aliphatic carboxylic acids is 1. The molecule has 0 fully saturated rings. The van der Waals surface area contributed by atoms with Crippen molar-refractivity contribution in [2.24, 2.45) is 7.05 Å². The molecule has 1 aromatic heterocycles. The first-order valence-corrected chi connectivity index (χ1v) is 5.85. The van der Waals surface area contributed by atoms with Crippen LogP contribution in [0.15, 0.2) is 4.47 Å². The van der Waals surface area contributed by atoms with Gasteiger partial charge in [0.25, 0.3) is 0 Å². The largest absolute Gasteiger partial charge is 0.480 e. The highest BCUT2D eigenvalue weighted by molar-refractivity contribution is 9.10. The predicted molar refractivity (Wildman–Crippen MR) is 64.3 cm³/mol. The van der Waals surface area contributed by atoms with Crippen LogP contribution in [-0.2, 0) is 24.8 Å². The number of carboxylic acids is 1. The minimum atomic E-state index is -0.823. The van der Waals surface area contributed by atoms with Gasteiger partial charge in [-0.2, -0.15) is 5.10 Å². The lowest BCUT2D eigenvalue weighted by molar-refractivity contribution is -0.138. The fourth-order valence-electron chi connectivity index (χ4n) is 1.53. The minimum Gasteiger partial charge on any atom is -0.480 e. The van der Waals surface area contributed by atoms with Gasteiger partial charge in [-0.05, 0) is 29.4 Å². The van der Waals surface area contributed by atoms with Gasteiger partial charge in [0.2, 0.25) is 0 Å². The summed E-state index contributed by atoms with van der Waals surface area (Å²) in [7, 11) is 3.65. The van der Waals surface area contributed by atoms with Crippen molar-refractivity contribution in [1.29, 1.82) is 0 Å². The quantitative estimate of drug-likeness (QED) is 0.887. The second-order valence-electron chi connectivity index (χ2n) is 3.75. The Kier molecular flexibility index (Phi) is 4.49. The first kappa shape index (κ1) is 13.2. The third-order valence-corrected chi connectivity index (χ3v) is 3.24. The van der Waals surface area contributed by atoms with Crippen molar-refractivity contribution in [3.05, 3.63) is 15.9 Å². The maximum Gasteiger partial charge on any atom is 0.317 e. The van der Waals surface area contributed by atoms with Gasteiger partial charge in [0, 0.05) is 13.6 Å². The molecule has 0 aliphatic heterocycles. The lowest BCUT2D eigenvalue weighted by Crippen LogP contribution is -2.26. The molecule has 0 atom stereocenters. The highest BCUT2D eigenvalue weighted by Gasteiger charge is 2.15. The van der Waals surface area contributed by atoms with Crippen LogP contribution < -0.4 is 0 Å². The summed E-state index contributed by atoms with van der Waals surface area (Å²) in [5.41, 5.74) is 2.00. The van der Waals surface area contributed by atoms with Crippen LogP contribution >= 0.6 is 15.9 Å². The molecule has 0 amide bonds. The van der Waals surface area contributed by atoms with E-state index >= 15 is 0 Å². The van der Waals surface area contributed by atoms with E-state index in [1.165, 1.54) is 0 Å². The van der Waals surface area contributed by atoms with Crippen LogP contribution in [0.1, 0.15) is 18.3 Å². The number of nitrogens with zero attached hydrogens (tertiary/aromatic N) is 3. The number of likely N-dealkylation sites (N-methyl/N-ethyl adjacent to an activating group) is 1. The van der Waals surface area contributed by atoms with Crippen LogP contribution in [0.5, 0.6) is 0 Å². The zero-order valence-electron chi connectivity index (χ0n) is 9.70. The first-order valence-electron chi connectivity index (χ1n) is 5.06. The Morgan fingerprint density at radius 3 is 2.69 bits per heavy atom. The maximum atomic E-state index is 10.6. The average molecular weight is 290 g/mol. The molecule has 1 N–H and O–H groups in total. The molecule has 0 saturated heterocycles.